The fraction of sp³-hybridized carbons (Fsp3) is 0.364. The van der Waals surface area contributed by atoms with Crippen molar-refractivity contribution in [3.05, 3.63) is 23.8 Å². The maximum absolute atomic E-state index is 8.00. The molecule has 0 aliphatic heterocycles. The van der Waals surface area contributed by atoms with Crippen molar-refractivity contribution in [3.63, 3.8) is 0 Å². The van der Waals surface area contributed by atoms with Gasteiger partial charge in [-0.1, -0.05) is 19.4 Å². The molecule has 15 heavy (non-hydrogen) atoms. The van der Waals surface area contributed by atoms with Crippen molar-refractivity contribution in [2.45, 2.75) is 19.8 Å². The second-order valence-corrected chi connectivity index (χ2v) is 3.26. The minimum atomic E-state index is 0.974. The number of benzene rings is 1. The van der Waals surface area contributed by atoms with Crippen molar-refractivity contribution < 1.29 is 4.79 Å². The van der Waals surface area contributed by atoms with Crippen molar-refractivity contribution in [3.8, 4) is 0 Å². The van der Waals surface area contributed by atoms with E-state index in [0.717, 1.165) is 17.5 Å². The molecule has 0 spiro atoms. The number of hydrogen-bond donors (Lipinski definition) is 0. The fourth-order valence-corrected chi connectivity index (χ4v) is 1.51. The molecule has 80 valence electrons. The molecule has 2 aromatic rings. The van der Waals surface area contributed by atoms with E-state index < -0.39 is 0 Å². The molecule has 4 heteroatoms. The fourth-order valence-electron chi connectivity index (χ4n) is 1.51. The maximum Gasteiger partial charge on any atom is 0.113 e. The molecule has 0 aliphatic carbocycles. The molecule has 0 N–H and O–H groups in total. The SMILES string of the molecule is C=O.CCCc1ccc2nn(C)nc2c1. The Morgan fingerprint density at radius 2 is 1.93 bits per heavy atom. The van der Waals surface area contributed by atoms with Crippen molar-refractivity contribution in [2.24, 2.45) is 7.05 Å². The van der Waals surface area contributed by atoms with Gasteiger partial charge in [0.2, 0.25) is 0 Å². The molecule has 0 atom stereocenters. The normalized spacial score (nSPS) is 9.73. The minimum Gasteiger partial charge on any atom is -0.307 e. The highest BCUT2D eigenvalue weighted by Gasteiger charge is 2.00. The molecular weight excluding hydrogens is 190 g/mol. The summed E-state index contributed by atoms with van der Waals surface area (Å²) in [4.78, 5) is 9.61. The highest BCUT2D eigenvalue weighted by Crippen LogP contribution is 2.12. The van der Waals surface area contributed by atoms with Crippen LogP contribution in [0.5, 0.6) is 0 Å². The number of aromatic nitrogens is 3. The van der Waals surface area contributed by atoms with Crippen LogP contribution in [0.25, 0.3) is 11.0 Å². The molecule has 0 unspecified atom stereocenters. The van der Waals surface area contributed by atoms with Crippen LogP contribution in [0, 0.1) is 0 Å². The summed E-state index contributed by atoms with van der Waals surface area (Å²) < 4.78 is 0. The number of rotatable bonds is 2. The molecule has 0 saturated heterocycles. The molecule has 2 rings (SSSR count). The van der Waals surface area contributed by atoms with Gasteiger partial charge in [-0.25, -0.2) is 0 Å². The van der Waals surface area contributed by atoms with Gasteiger partial charge in [0.1, 0.15) is 17.8 Å². The lowest BCUT2D eigenvalue weighted by Crippen LogP contribution is -1.90. The van der Waals surface area contributed by atoms with Crippen LogP contribution in [0.15, 0.2) is 18.2 Å². The standard InChI is InChI=1S/C10H13N3.CH2O/c1-3-4-8-5-6-9-10(7-8)12-13(2)11-9;1-2/h5-7H,3-4H2,1-2H3;1H2. The molecule has 0 radical (unpaired) electrons. The third kappa shape index (κ3) is 2.62. The van der Waals surface area contributed by atoms with Crippen molar-refractivity contribution in [2.75, 3.05) is 0 Å². The monoisotopic (exact) mass is 205 g/mol. The van der Waals surface area contributed by atoms with Gasteiger partial charge in [-0.2, -0.15) is 15.0 Å². The van der Waals surface area contributed by atoms with Gasteiger partial charge >= 0.3 is 0 Å². The Kier molecular flexibility index (Phi) is 3.97. The van der Waals surface area contributed by atoms with Gasteiger partial charge in [-0.3, -0.25) is 0 Å². The first-order valence-corrected chi connectivity index (χ1v) is 4.88. The van der Waals surface area contributed by atoms with E-state index in [-0.39, 0.29) is 0 Å². The number of nitrogens with zero attached hydrogens (tertiary/aromatic N) is 3. The second kappa shape index (κ2) is 5.24. The first-order chi connectivity index (χ1) is 7.29. The summed E-state index contributed by atoms with van der Waals surface area (Å²) in [7, 11) is 1.85. The molecule has 0 saturated carbocycles. The average Bonchev–Trinajstić information content (AvgIpc) is 2.61. The molecular formula is C11H15N3O. The van der Waals surface area contributed by atoms with Crippen molar-refractivity contribution >= 4 is 17.8 Å². The summed E-state index contributed by atoms with van der Waals surface area (Å²) in [6, 6.07) is 6.28. The van der Waals surface area contributed by atoms with Gasteiger partial charge in [-0.15, -0.1) is 0 Å². The summed E-state index contributed by atoms with van der Waals surface area (Å²) in [6.45, 7) is 4.18. The Balaban J connectivity index is 0.000000531. The number of carbonyl (C=O) groups excluding carboxylic acids is 1. The zero-order chi connectivity index (χ0) is 11.3. The van der Waals surface area contributed by atoms with Crippen LogP contribution in [0.1, 0.15) is 18.9 Å². The van der Waals surface area contributed by atoms with E-state index in [4.69, 9.17) is 4.79 Å². The molecule has 0 fully saturated rings. The third-order valence-corrected chi connectivity index (χ3v) is 2.08. The molecule has 1 aromatic heterocycles. The lowest BCUT2D eigenvalue weighted by Gasteiger charge is -1.95. The Morgan fingerprint density at radius 3 is 2.60 bits per heavy atom. The second-order valence-electron chi connectivity index (χ2n) is 3.26. The van der Waals surface area contributed by atoms with E-state index in [1.807, 2.05) is 19.9 Å². The highest BCUT2D eigenvalue weighted by atomic mass is 16.1. The summed E-state index contributed by atoms with van der Waals surface area (Å²) in [5.41, 5.74) is 3.31. The Bertz CT molecular complexity index is 436. The molecule has 1 aromatic carbocycles. The van der Waals surface area contributed by atoms with E-state index in [2.05, 4.69) is 29.3 Å². The van der Waals surface area contributed by atoms with Crippen molar-refractivity contribution in [1.82, 2.24) is 15.0 Å². The van der Waals surface area contributed by atoms with E-state index in [0.29, 0.717) is 0 Å². The first kappa shape index (κ1) is 11.4. The third-order valence-electron chi connectivity index (χ3n) is 2.08. The summed E-state index contributed by atoms with van der Waals surface area (Å²) in [5.74, 6) is 0. The van der Waals surface area contributed by atoms with Gasteiger partial charge in [0.25, 0.3) is 0 Å². The number of hydrogen-bond acceptors (Lipinski definition) is 3. The lowest BCUT2D eigenvalue weighted by atomic mass is 10.1. The molecule has 0 aliphatic rings. The van der Waals surface area contributed by atoms with Crippen LogP contribution in [-0.4, -0.2) is 21.8 Å². The van der Waals surface area contributed by atoms with Crippen LogP contribution in [-0.2, 0) is 18.3 Å². The zero-order valence-corrected chi connectivity index (χ0v) is 9.10. The lowest BCUT2D eigenvalue weighted by molar-refractivity contribution is -0.0979. The Morgan fingerprint density at radius 1 is 1.27 bits per heavy atom. The number of carbonyl (C=O) groups is 1. The predicted molar refractivity (Wildman–Crippen MR) is 59.6 cm³/mol. The molecule has 0 bridgehead atoms. The summed E-state index contributed by atoms with van der Waals surface area (Å²) >= 11 is 0. The van der Waals surface area contributed by atoms with Crippen LogP contribution in [0.4, 0.5) is 0 Å². The Labute approximate surface area is 88.9 Å². The van der Waals surface area contributed by atoms with E-state index in [9.17, 15) is 0 Å². The predicted octanol–water partition coefficient (Wildman–Crippen LogP) is 1.74. The Hall–Kier alpha value is -1.71. The van der Waals surface area contributed by atoms with Gasteiger partial charge in [0.15, 0.2) is 0 Å². The van der Waals surface area contributed by atoms with Gasteiger partial charge in [0.05, 0.1) is 0 Å². The van der Waals surface area contributed by atoms with Gasteiger partial charge in [-0.05, 0) is 24.1 Å². The zero-order valence-electron chi connectivity index (χ0n) is 9.10. The maximum atomic E-state index is 8.00. The first-order valence-electron chi connectivity index (χ1n) is 4.88. The molecule has 4 nitrogen and oxygen atoms in total. The number of fused-ring (bicyclic) bond motifs is 1. The summed E-state index contributed by atoms with van der Waals surface area (Å²) in [6.07, 6.45) is 2.29. The van der Waals surface area contributed by atoms with E-state index in [1.165, 1.54) is 12.0 Å². The molecule has 1 heterocycles. The van der Waals surface area contributed by atoms with Crippen LogP contribution in [0.2, 0.25) is 0 Å². The topological polar surface area (TPSA) is 47.8 Å². The summed E-state index contributed by atoms with van der Waals surface area (Å²) in [5, 5.41) is 8.48. The molecule has 0 amide bonds. The van der Waals surface area contributed by atoms with Crippen LogP contribution >= 0.6 is 0 Å². The van der Waals surface area contributed by atoms with E-state index in [1.54, 1.807) is 4.80 Å². The van der Waals surface area contributed by atoms with E-state index >= 15 is 0 Å². The van der Waals surface area contributed by atoms with Crippen LogP contribution in [0.3, 0.4) is 0 Å². The quantitative estimate of drug-likeness (QED) is 0.750. The number of aryl methyl sites for hydroxylation is 2. The van der Waals surface area contributed by atoms with Gasteiger partial charge in [0, 0.05) is 7.05 Å². The smallest absolute Gasteiger partial charge is 0.113 e. The van der Waals surface area contributed by atoms with Crippen LogP contribution < -0.4 is 0 Å². The van der Waals surface area contributed by atoms with Crippen molar-refractivity contribution in [1.29, 1.82) is 0 Å². The van der Waals surface area contributed by atoms with Gasteiger partial charge < -0.3 is 4.79 Å². The largest absolute Gasteiger partial charge is 0.307 e. The average molecular weight is 205 g/mol. The minimum absolute atomic E-state index is 0.974. The highest BCUT2D eigenvalue weighted by molar-refractivity contribution is 5.74.